The molecule has 156 valence electrons. The first-order valence-corrected chi connectivity index (χ1v) is 10.8. The molecule has 2 aromatic rings. The average Bonchev–Trinajstić information content (AvgIpc) is 2.76. The molecule has 0 saturated heterocycles. The lowest BCUT2D eigenvalue weighted by atomic mass is 9.48. The molecule has 1 N–H and O–H groups in total. The van der Waals surface area contributed by atoms with Crippen LogP contribution in [0.25, 0.3) is 0 Å². The largest absolute Gasteiger partial charge is 0.496 e. The summed E-state index contributed by atoms with van der Waals surface area (Å²) >= 11 is 0. The lowest BCUT2D eigenvalue weighted by Gasteiger charge is -2.57. The van der Waals surface area contributed by atoms with E-state index in [4.69, 9.17) is 9.57 Å². The van der Waals surface area contributed by atoms with Crippen LogP contribution in [-0.2, 0) is 10.3 Å². The van der Waals surface area contributed by atoms with Gasteiger partial charge in [0.05, 0.1) is 12.7 Å². The fraction of sp³-hybridized carbons (Fsp3) is 0.440. The molecule has 4 bridgehead atoms. The van der Waals surface area contributed by atoms with Gasteiger partial charge in [0.25, 0.3) is 5.91 Å². The number of nitrogens with one attached hydrogen (secondary N) is 1. The lowest BCUT2D eigenvalue weighted by Crippen LogP contribution is -2.48. The maximum Gasteiger partial charge on any atom is 0.362 e. The number of hydrogen-bond donors (Lipinski definition) is 1. The number of carbonyl (C=O) groups excluding carboxylic acids is 2. The molecule has 2 aromatic carbocycles. The molecule has 6 rings (SSSR count). The van der Waals surface area contributed by atoms with Gasteiger partial charge in [0, 0.05) is 11.1 Å². The fourth-order valence-electron chi connectivity index (χ4n) is 6.49. The molecule has 0 atom stereocenters. The van der Waals surface area contributed by atoms with Gasteiger partial charge in [-0.2, -0.15) is 5.48 Å². The number of rotatable bonds is 4. The molecule has 5 heteroatoms. The number of hydrogen-bond acceptors (Lipinski definition) is 4. The average molecular weight is 405 g/mol. The molecule has 4 aliphatic carbocycles. The molecule has 0 unspecified atom stereocenters. The summed E-state index contributed by atoms with van der Waals surface area (Å²) in [4.78, 5) is 29.9. The van der Waals surface area contributed by atoms with Crippen molar-refractivity contribution >= 4 is 11.9 Å². The Morgan fingerprint density at radius 1 is 0.900 bits per heavy atom. The van der Waals surface area contributed by atoms with E-state index in [9.17, 15) is 9.59 Å². The van der Waals surface area contributed by atoms with Gasteiger partial charge in [0.2, 0.25) is 0 Å². The van der Waals surface area contributed by atoms with Gasteiger partial charge in [0.15, 0.2) is 0 Å². The Morgan fingerprint density at radius 2 is 1.53 bits per heavy atom. The topological polar surface area (TPSA) is 64.6 Å². The maximum absolute atomic E-state index is 12.7. The third kappa shape index (κ3) is 3.36. The Balaban J connectivity index is 1.37. The minimum absolute atomic E-state index is 0.108. The van der Waals surface area contributed by atoms with Gasteiger partial charge < -0.3 is 9.57 Å². The minimum atomic E-state index is -0.584. The highest BCUT2D eigenvalue weighted by molar-refractivity contribution is 5.96. The standard InChI is InChI=1S/C25H27NO4/c1-29-22-8-7-20(23(27)26-30-24(28)19-5-3-2-4-6-19)12-21(22)25-13-16-9-17(14-25)11-18(10-16)15-25/h2-8,12,16-18H,9-11,13-15H2,1H3,(H,26,27). The first kappa shape index (κ1) is 19.2. The summed E-state index contributed by atoms with van der Waals surface area (Å²) in [5.74, 6) is 2.24. The van der Waals surface area contributed by atoms with Crippen LogP contribution in [-0.4, -0.2) is 19.0 Å². The number of methoxy groups -OCH3 is 1. The monoisotopic (exact) mass is 405 g/mol. The predicted octanol–water partition coefficient (Wildman–Crippen LogP) is 4.66. The van der Waals surface area contributed by atoms with Crippen LogP contribution in [0.5, 0.6) is 5.75 Å². The summed E-state index contributed by atoms with van der Waals surface area (Å²) in [7, 11) is 1.70. The molecular formula is C25H27NO4. The van der Waals surface area contributed by atoms with Crippen molar-refractivity contribution in [3.63, 3.8) is 0 Å². The Kier molecular flexibility index (Phi) is 4.76. The highest BCUT2D eigenvalue weighted by Gasteiger charge is 2.52. The molecule has 4 saturated carbocycles. The van der Waals surface area contributed by atoms with Gasteiger partial charge in [-0.15, -0.1) is 0 Å². The Labute approximate surface area is 176 Å². The molecule has 4 aliphatic rings. The minimum Gasteiger partial charge on any atom is -0.496 e. The SMILES string of the molecule is COc1ccc(C(=O)NOC(=O)c2ccccc2)cc1C12CC3CC(CC(C3)C1)C2. The van der Waals surface area contributed by atoms with Gasteiger partial charge >= 0.3 is 5.97 Å². The van der Waals surface area contributed by atoms with Gasteiger partial charge in [-0.05, 0) is 92.0 Å². The Hall–Kier alpha value is -2.82. The zero-order chi connectivity index (χ0) is 20.7. The van der Waals surface area contributed by atoms with E-state index >= 15 is 0 Å². The number of hydroxylamine groups is 1. The molecule has 0 heterocycles. The molecule has 5 nitrogen and oxygen atoms in total. The molecule has 1 amide bonds. The van der Waals surface area contributed by atoms with Crippen molar-refractivity contribution in [3.8, 4) is 5.75 Å². The maximum atomic E-state index is 12.7. The fourth-order valence-corrected chi connectivity index (χ4v) is 6.49. The quantitative estimate of drug-likeness (QED) is 0.751. The lowest BCUT2D eigenvalue weighted by molar-refractivity contribution is -0.00621. The number of benzene rings is 2. The van der Waals surface area contributed by atoms with Crippen LogP contribution in [0.2, 0.25) is 0 Å². The second-order valence-electron chi connectivity index (χ2n) is 9.30. The first-order chi connectivity index (χ1) is 14.6. The van der Waals surface area contributed by atoms with Crippen LogP contribution in [0.3, 0.4) is 0 Å². The predicted molar refractivity (Wildman–Crippen MR) is 112 cm³/mol. The van der Waals surface area contributed by atoms with E-state index in [0.717, 1.165) is 29.1 Å². The molecule has 0 spiro atoms. The highest BCUT2D eigenvalue weighted by Crippen LogP contribution is 2.61. The van der Waals surface area contributed by atoms with Gasteiger partial charge in [0.1, 0.15) is 5.75 Å². The van der Waals surface area contributed by atoms with Crippen molar-refractivity contribution in [1.29, 1.82) is 0 Å². The summed E-state index contributed by atoms with van der Waals surface area (Å²) in [6.45, 7) is 0. The van der Waals surface area contributed by atoms with E-state index in [1.807, 2.05) is 18.2 Å². The molecule has 0 radical (unpaired) electrons. The van der Waals surface area contributed by atoms with Crippen LogP contribution in [0.1, 0.15) is 64.8 Å². The molecular weight excluding hydrogens is 378 g/mol. The van der Waals surface area contributed by atoms with Gasteiger partial charge in [-0.1, -0.05) is 18.2 Å². The highest BCUT2D eigenvalue weighted by atomic mass is 16.7. The Bertz CT molecular complexity index is 933. The summed E-state index contributed by atoms with van der Waals surface area (Å²) in [5, 5.41) is 0. The Morgan fingerprint density at radius 3 is 2.13 bits per heavy atom. The smallest absolute Gasteiger partial charge is 0.362 e. The van der Waals surface area contributed by atoms with Crippen LogP contribution < -0.4 is 10.2 Å². The van der Waals surface area contributed by atoms with E-state index in [2.05, 4.69) is 5.48 Å². The van der Waals surface area contributed by atoms with Gasteiger partial charge in [-0.25, -0.2) is 4.79 Å². The molecule has 0 aromatic heterocycles. The van der Waals surface area contributed by atoms with E-state index in [1.54, 1.807) is 37.4 Å². The number of carbonyl (C=O) groups is 2. The van der Waals surface area contributed by atoms with E-state index in [0.29, 0.717) is 11.1 Å². The normalized spacial score (nSPS) is 28.8. The van der Waals surface area contributed by atoms with Crippen LogP contribution >= 0.6 is 0 Å². The zero-order valence-corrected chi connectivity index (χ0v) is 17.2. The van der Waals surface area contributed by atoms with Crippen LogP contribution in [0, 0.1) is 17.8 Å². The summed E-state index contributed by atoms with van der Waals surface area (Å²) in [5.41, 5.74) is 4.44. The van der Waals surface area contributed by atoms with Crippen LogP contribution in [0.15, 0.2) is 48.5 Å². The number of amides is 1. The van der Waals surface area contributed by atoms with Crippen LogP contribution in [0.4, 0.5) is 0 Å². The van der Waals surface area contributed by atoms with E-state index in [-0.39, 0.29) is 5.41 Å². The third-order valence-electron chi connectivity index (χ3n) is 7.32. The second-order valence-corrected chi connectivity index (χ2v) is 9.30. The van der Waals surface area contributed by atoms with Crippen molar-refractivity contribution in [3.05, 3.63) is 65.2 Å². The summed E-state index contributed by atoms with van der Waals surface area (Å²) in [6.07, 6.45) is 7.63. The van der Waals surface area contributed by atoms with Crippen molar-refractivity contribution in [2.24, 2.45) is 17.8 Å². The van der Waals surface area contributed by atoms with Crippen molar-refractivity contribution in [1.82, 2.24) is 5.48 Å². The zero-order valence-electron chi connectivity index (χ0n) is 17.2. The molecule has 30 heavy (non-hydrogen) atoms. The van der Waals surface area contributed by atoms with Crippen molar-refractivity contribution in [2.75, 3.05) is 7.11 Å². The number of ether oxygens (including phenoxy) is 1. The summed E-state index contributed by atoms with van der Waals surface area (Å²) < 4.78 is 5.71. The van der Waals surface area contributed by atoms with Crippen molar-refractivity contribution in [2.45, 2.75) is 43.9 Å². The molecule has 0 aliphatic heterocycles. The van der Waals surface area contributed by atoms with E-state index in [1.165, 1.54) is 38.5 Å². The van der Waals surface area contributed by atoms with E-state index < -0.39 is 11.9 Å². The first-order valence-electron chi connectivity index (χ1n) is 10.8. The van der Waals surface area contributed by atoms with Crippen molar-refractivity contribution < 1.29 is 19.2 Å². The third-order valence-corrected chi connectivity index (χ3v) is 7.32. The molecule has 4 fully saturated rings. The summed E-state index contributed by atoms with van der Waals surface area (Å²) in [6, 6.07) is 14.2. The second kappa shape index (κ2) is 7.46. The van der Waals surface area contributed by atoms with Gasteiger partial charge in [-0.3, -0.25) is 4.79 Å².